The molecule has 2 aliphatic heterocycles. The maximum atomic E-state index is 12.1. The number of hydrogen-bond acceptors (Lipinski definition) is 3. The molecule has 0 bridgehead atoms. The van der Waals surface area contributed by atoms with Gasteiger partial charge in [-0.05, 0) is 43.5 Å². The minimum atomic E-state index is -0.340. The van der Waals surface area contributed by atoms with Crippen molar-refractivity contribution in [1.29, 1.82) is 0 Å². The van der Waals surface area contributed by atoms with Crippen LogP contribution in [0.2, 0.25) is 0 Å². The third-order valence-electron chi connectivity index (χ3n) is 4.90. The largest absolute Gasteiger partial charge is 0.416 e. The Balaban J connectivity index is 1.83. The molecule has 0 unspecified atom stereocenters. The van der Waals surface area contributed by atoms with Crippen molar-refractivity contribution in [3.63, 3.8) is 0 Å². The number of ether oxygens (including phenoxy) is 1. The van der Waals surface area contributed by atoms with Crippen LogP contribution in [0.15, 0.2) is 35.0 Å². The van der Waals surface area contributed by atoms with E-state index in [1.54, 1.807) is 18.7 Å². The number of nitrogens with zero attached hydrogens (tertiary/aromatic N) is 2. The molecule has 1 spiro atoms. The molecule has 1 aromatic carbocycles. The summed E-state index contributed by atoms with van der Waals surface area (Å²) in [6.07, 6.45) is 1.28. The third-order valence-corrected chi connectivity index (χ3v) is 5.40. The Morgan fingerprint density at radius 1 is 1.25 bits per heavy atom. The summed E-state index contributed by atoms with van der Waals surface area (Å²) in [7, 11) is 0. The zero-order valence-corrected chi connectivity index (χ0v) is 15.6. The number of carbonyl (C=O) groups is 2. The second kappa shape index (κ2) is 6.24. The number of amides is 2. The predicted molar refractivity (Wildman–Crippen MR) is 95.9 cm³/mol. The van der Waals surface area contributed by atoms with E-state index in [0.717, 1.165) is 23.0 Å². The van der Waals surface area contributed by atoms with E-state index in [1.165, 1.54) is 5.56 Å². The van der Waals surface area contributed by atoms with E-state index in [9.17, 15) is 9.59 Å². The van der Waals surface area contributed by atoms with Gasteiger partial charge in [0.1, 0.15) is 0 Å². The molecular formula is C18H21BrN2O3. The lowest BCUT2D eigenvalue weighted by atomic mass is 9.74. The van der Waals surface area contributed by atoms with Crippen LogP contribution in [0, 0.1) is 0 Å². The molecule has 2 heterocycles. The third kappa shape index (κ3) is 2.95. The quantitative estimate of drug-likeness (QED) is 0.682. The summed E-state index contributed by atoms with van der Waals surface area (Å²) in [5.74, 6) is 0.456. The molecule has 0 radical (unpaired) electrons. The average molecular weight is 393 g/mol. The number of piperidine rings is 1. The highest BCUT2D eigenvalue weighted by molar-refractivity contribution is 9.10. The predicted octanol–water partition coefficient (Wildman–Crippen LogP) is 3.82. The first-order valence-corrected chi connectivity index (χ1v) is 8.82. The van der Waals surface area contributed by atoms with E-state index in [0.29, 0.717) is 25.4 Å². The molecule has 0 aromatic heterocycles. The highest BCUT2D eigenvalue weighted by Crippen LogP contribution is 2.48. The molecule has 0 aliphatic carbocycles. The summed E-state index contributed by atoms with van der Waals surface area (Å²) in [6.45, 7) is 8.79. The highest BCUT2D eigenvalue weighted by Gasteiger charge is 2.46. The first kappa shape index (κ1) is 17.0. The van der Waals surface area contributed by atoms with Crippen LogP contribution in [-0.2, 0) is 14.9 Å². The van der Waals surface area contributed by atoms with Gasteiger partial charge >= 0.3 is 6.09 Å². The monoisotopic (exact) mass is 392 g/mol. The molecule has 24 heavy (non-hydrogen) atoms. The van der Waals surface area contributed by atoms with Crippen molar-refractivity contribution >= 4 is 33.6 Å². The van der Waals surface area contributed by atoms with Crippen molar-refractivity contribution in [3.05, 3.63) is 40.6 Å². The van der Waals surface area contributed by atoms with Crippen LogP contribution in [0.3, 0.4) is 0 Å². The van der Waals surface area contributed by atoms with Crippen LogP contribution in [-0.4, -0.2) is 36.5 Å². The Morgan fingerprint density at radius 3 is 2.50 bits per heavy atom. The molecule has 3 rings (SSSR count). The van der Waals surface area contributed by atoms with Gasteiger partial charge in [0.2, 0.25) is 5.91 Å². The zero-order valence-electron chi connectivity index (χ0n) is 14.0. The maximum Gasteiger partial charge on any atom is 0.414 e. The Bertz CT molecular complexity index is 708. The van der Waals surface area contributed by atoms with Crippen molar-refractivity contribution in [3.8, 4) is 0 Å². The van der Waals surface area contributed by atoms with Gasteiger partial charge in [-0.1, -0.05) is 22.5 Å². The van der Waals surface area contributed by atoms with E-state index >= 15 is 0 Å². The van der Waals surface area contributed by atoms with Crippen LogP contribution >= 0.6 is 15.9 Å². The lowest BCUT2D eigenvalue weighted by Crippen LogP contribution is -2.47. The molecule has 1 fully saturated rings. The van der Waals surface area contributed by atoms with Crippen molar-refractivity contribution < 1.29 is 14.3 Å². The number of benzene rings is 1. The van der Waals surface area contributed by atoms with Crippen molar-refractivity contribution in [2.45, 2.75) is 32.1 Å². The van der Waals surface area contributed by atoms with E-state index in [4.69, 9.17) is 4.74 Å². The van der Waals surface area contributed by atoms with Crippen molar-refractivity contribution in [2.75, 3.05) is 24.5 Å². The maximum absolute atomic E-state index is 12.1. The topological polar surface area (TPSA) is 49.9 Å². The fourth-order valence-corrected chi connectivity index (χ4v) is 4.04. The van der Waals surface area contributed by atoms with Crippen LogP contribution in [0.5, 0.6) is 0 Å². The summed E-state index contributed by atoms with van der Waals surface area (Å²) >= 11 is 3.54. The fourth-order valence-electron chi connectivity index (χ4n) is 3.68. The zero-order chi connectivity index (χ0) is 17.5. The lowest BCUT2D eigenvalue weighted by molar-refractivity contribution is -0.116. The normalized spacial score (nSPS) is 18.5. The molecule has 1 saturated heterocycles. The van der Waals surface area contributed by atoms with E-state index < -0.39 is 0 Å². The van der Waals surface area contributed by atoms with Gasteiger partial charge in [0, 0.05) is 42.1 Å². The van der Waals surface area contributed by atoms with Crippen LogP contribution in [0.25, 0.3) is 0 Å². The van der Waals surface area contributed by atoms with Gasteiger partial charge in [-0.2, -0.15) is 0 Å². The van der Waals surface area contributed by atoms with E-state index in [2.05, 4.69) is 28.6 Å². The van der Waals surface area contributed by atoms with Gasteiger partial charge in [0.15, 0.2) is 0 Å². The van der Waals surface area contributed by atoms with Crippen LogP contribution < -0.4 is 4.90 Å². The van der Waals surface area contributed by atoms with E-state index in [1.807, 2.05) is 17.0 Å². The number of carbonyl (C=O) groups excluding carboxylic acids is 2. The number of allylic oxidation sites excluding steroid dienone is 1. The Labute approximate surface area is 150 Å². The Kier molecular flexibility index (Phi) is 4.42. The van der Waals surface area contributed by atoms with Crippen molar-refractivity contribution in [1.82, 2.24) is 4.90 Å². The molecule has 6 heteroatoms. The second-order valence-corrected chi connectivity index (χ2v) is 7.52. The number of likely N-dealkylation sites (tertiary alicyclic amines) is 1. The Hall–Kier alpha value is -1.82. The first-order valence-electron chi connectivity index (χ1n) is 8.03. The second-order valence-electron chi connectivity index (χ2n) is 6.60. The highest BCUT2D eigenvalue weighted by atomic mass is 79.9. The molecule has 128 valence electrons. The van der Waals surface area contributed by atoms with E-state index in [-0.39, 0.29) is 17.4 Å². The number of fused-ring (bicyclic) bond motifs is 2. The van der Waals surface area contributed by atoms with Crippen LogP contribution in [0.1, 0.15) is 32.3 Å². The summed E-state index contributed by atoms with van der Waals surface area (Å²) in [4.78, 5) is 27.7. The summed E-state index contributed by atoms with van der Waals surface area (Å²) < 4.78 is 6.12. The summed E-state index contributed by atoms with van der Waals surface area (Å²) in [6, 6.07) is 6.07. The molecule has 0 N–H and O–H groups in total. The van der Waals surface area contributed by atoms with Gasteiger partial charge in [0.25, 0.3) is 0 Å². The fraction of sp³-hybridized carbons (Fsp3) is 0.444. The standard InChI is InChI=1S/C18H21BrN2O3/c1-12(2)24-17(23)20-8-6-18(7-9-20)11-21(13(3)22)16-5-4-14(19)10-15(16)18/h4-5,10H,1,6-9,11H2,2-3H3. The minimum absolute atomic E-state index is 0.0552. The molecule has 0 atom stereocenters. The van der Waals surface area contributed by atoms with Crippen LogP contribution in [0.4, 0.5) is 10.5 Å². The molecule has 2 aliphatic rings. The first-order chi connectivity index (χ1) is 11.3. The molecule has 2 amide bonds. The number of anilines is 1. The van der Waals surface area contributed by atoms with Gasteiger partial charge < -0.3 is 14.5 Å². The van der Waals surface area contributed by atoms with Gasteiger partial charge in [-0.25, -0.2) is 4.79 Å². The molecule has 5 nitrogen and oxygen atoms in total. The number of hydrogen-bond donors (Lipinski definition) is 0. The summed E-state index contributed by atoms with van der Waals surface area (Å²) in [5.41, 5.74) is 2.09. The lowest BCUT2D eigenvalue weighted by Gasteiger charge is -2.39. The average Bonchev–Trinajstić information content (AvgIpc) is 2.82. The summed E-state index contributed by atoms with van der Waals surface area (Å²) in [5, 5.41) is 0. The SMILES string of the molecule is C=C(C)OC(=O)N1CCC2(CC1)CN(C(C)=O)c1ccc(Br)cc12. The van der Waals surface area contributed by atoms with Crippen molar-refractivity contribution in [2.24, 2.45) is 0 Å². The number of halogens is 1. The van der Waals surface area contributed by atoms with Gasteiger partial charge in [-0.3, -0.25) is 4.79 Å². The molecule has 0 saturated carbocycles. The van der Waals surface area contributed by atoms with Gasteiger partial charge in [0.05, 0.1) is 5.76 Å². The number of rotatable bonds is 1. The molecular weight excluding hydrogens is 372 g/mol. The van der Waals surface area contributed by atoms with Gasteiger partial charge in [-0.15, -0.1) is 0 Å². The molecule has 1 aromatic rings. The Morgan fingerprint density at radius 2 is 1.92 bits per heavy atom. The minimum Gasteiger partial charge on any atom is -0.416 e. The smallest absolute Gasteiger partial charge is 0.414 e.